The molecule has 2 heterocycles. The summed E-state index contributed by atoms with van der Waals surface area (Å²) < 4.78 is 0. The van der Waals surface area contributed by atoms with Crippen LogP contribution in [0.3, 0.4) is 0 Å². The number of fused-ring (bicyclic) bond motifs is 2. The summed E-state index contributed by atoms with van der Waals surface area (Å²) in [5.41, 5.74) is 6.07. The zero-order valence-corrected chi connectivity index (χ0v) is 13.6. The van der Waals surface area contributed by atoms with Crippen LogP contribution in [0.15, 0.2) is 0 Å². The summed E-state index contributed by atoms with van der Waals surface area (Å²) in [6.45, 7) is 0.643. The van der Waals surface area contributed by atoms with Crippen LogP contribution in [0.2, 0.25) is 0 Å². The predicted molar refractivity (Wildman–Crippen MR) is 85.3 cm³/mol. The van der Waals surface area contributed by atoms with Crippen molar-refractivity contribution < 1.29 is 9.90 Å². The second kappa shape index (κ2) is 6.84. The number of amides is 1. The molecule has 2 atom stereocenters. The molecule has 3 aliphatic rings. The highest BCUT2D eigenvalue weighted by Crippen LogP contribution is 2.42. The van der Waals surface area contributed by atoms with Crippen molar-refractivity contribution in [2.45, 2.75) is 82.4 Å². The van der Waals surface area contributed by atoms with E-state index in [0.29, 0.717) is 18.9 Å². The molecule has 0 radical (unpaired) electrons. The Morgan fingerprint density at radius 2 is 1.71 bits per heavy atom. The third-order valence-corrected chi connectivity index (χ3v) is 5.87. The van der Waals surface area contributed by atoms with Gasteiger partial charge in [0.1, 0.15) is 0 Å². The molecule has 1 aliphatic carbocycles. The second-order valence-corrected chi connectivity index (χ2v) is 7.25. The van der Waals surface area contributed by atoms with E-state index < -0.39 is 0 Å². The van der Waals surface area contributed by atoms with Crippen LogP contribution in [0, 0.1) is 5.41 Å². The van der Waals surface area contributed by atoms with Gasteiger partial charge in [-0.2, -0.15) is 0 Å². The number of carbonyl (C=O) groups is 1. The first kappa shape index (κ1) is 17.0. The maximum atomic E-state index is 12.8. The lowest BCUT2D eigenvalue weighted by Crippen LogP contribution is -2.50. The molecular formula is C16H29ClN2O2. The molecule has 0 aromatic carbocycles. The van der Waals surface area contributed by atoms with Crippen molar-refractivity contribution in [3.8, 4) is 0 Å². The number of rotatable bonds is 3. The molecule has 3 rings (SSSR count). The molecule has 1 amide bonds. The van der Waals surface area contributed by atoms with Crippen molar-refractivity contribution >= 4 is 18.3 Å². The highest BCUT2D eigenvalue weighted by Gasteiger charge is 2.44. The summed E-state index contributed by atoms with van der Waals surface area (Å²) in [5.74, 6) is 0.303. The van der Waals surface area contributed by atoms with Crippen LogP contribution < -0.4 is 5.73 Å². The molecule has 4 nitrogen and oxygen atoms in total. The van der Waals surface area contributed by atoms with Crippen LogP contribution in [0.5, 0.6) is 0 Å². The van der Waals surface area contributed by atoms with Crippen LogP contribution in [0.25, 0.3) is 0 Å². The van der Waals surface area contributed by atoms with Gasteiger partial charge in [-0.1, -0.05) is 19.3 Å². The van der Waals surface area contributed by atoms with Crippen LogP contribution in [-0.2, 0) is 4.79 Å². The van der Waals surface area contributed by atoms with Crippen LogP contribution in [0.4, 0.5) is 0 Å². The molecular weight excluding hydrogens is 288 g/mol. The fourth-order valence-electron chi connectivity index (χ4n) is 4.72. The molecule has 0 aromatic heterocycles. The van der Waals surface area contributed by atoms with Crippen LogP contribution >= 0.6 is 12.4 Å². The summed E-state index contributed by atoms with van der Waals surface area (Å²) in [6, 6.07) is 0.573. The molecule has 5 heteroatoms. The highest BCUT2D eigenvalue weighted by atomic mass is 35.5. The normalized spacial score (nSPS) is 34.4. The van der Waals surface area contributed by atoms with E-state index in [0.717, 1.165) is 38.5 Å². The molecule has 2 bridgehead atoms. The zero-order chi connectivity index (χ0) is 14.2. The smallest absolute Gasteiger partial charge is 0.223 e. The highest BCUT2D eigenvalue weighted by molar-refractivity contribution is 5.85. The van der Waals surface area contributed by atoms with E-state index in [-0.39, 0.29) is 36.0 Å². The average Bonchev–Trinajstić information content (AvgIpc) is 2.72. The van der Waals surface area contributed by atoms with Gasteiger partial charge in [-0.15, -0.1) is 12.4 Å². The minimum atomic E-state index is -0.199. The second-order valence-electron chi connectivity index (χ2n) is 7.25. The summed E-state index contributed by atoms with van der Waals surface area (Å²) in [5, 5.41) is 9.85. The first-order chi connectivity index (χ1) is 9.63. The van der Waals surface area contributed by atoms with Crippen molar-refractivity contribution in [2.75, 3.05) is 6.54 Å². The minimum absolute atomic E-state index is 0. The van der Waals surface area contributed by atoms with Crippen molar-refractivity contribution in [1.29, 1.82) is 0 Å². The number of aliphatic hydroxyl groups is 1. The van der Waals surface area contributed by atoms with E-state index in [1.165, 1.54) is 19.3 Å². The minimum Gasteiger partial charge on any atom is -0.393 e. The van der Waals surface area contributed by atoms with Gasteiger partial charge >= 0.3 is 0 Å². The molecule has 2 aliphatic heterocycles. The number of carbonyl (C=O) groups excluding carboxylic acids is 1. The lowest BCUT2D eigenvalue weighted by molar-refractivity contribution is -0.140. The van der Waals surface area contributed by atoms with Gasteiger partial charge in [0.05, 0.1) is 6.10 Å². The SMILES string of the molecule is Cl.NCC1(CC(=O)N2C3CCC2CC(O)C3)CCCCC1. The summed E-state index contributed by atoms with van der Waals surface area (Å²) in [6.07, 6.45) is 10.1. The monoisotopic (exact) mass is 316 g/mol. The number of aliphatic hydroxyl groups excluding tert-OH is 1. The fourth-order valence-corrected chi connectivity index (χ4v) is 4.72. The van der Waals surface area contributed by atoms with Gasteiger partial charge in [0.2, 0.25) is 5.91 Å². The predicted octanol–water partition coefficient (Wildman–Crippen LogP) is 2.22. The van der Waals surface area contributed by atoms with Gasteiger partial charge < -0.3 is 15.7 Å². The van der Waals surface area contributed by atoms with Crippen molar-refractivity contribution in [3.05, 3.63) is 0 Å². The topological polar surface area (TPSA) is 66.6 Å². The van der Waals surface area contributed by atoms with E-state index in [1.54, 1.807) is 0 Å². The Labute approximate surface area is 133 Å². The third kappa shape index (κ3) is 3.38. The van der Waals surface area contributed by atoms with Gasteiger partial charge in [-0.3, -0.25) is 4.79 Å². The Bertz CT molecular complexity index is 357. The first-order valence-corrected chi connectivity index (χ1v) is 8.33. The molecule has 2 saturated heterocycles. The Hall–Kier alpha value is -0.320. The van der Waals surface area contributed by atoms with E-state index >= 15 is 0 Å². The van der Waals surface area contributed by atoms with Crippen LogP contribution in [-0.4, -0.2) is 40.6 Å². The van der Waals surface area contributed by atoms with Crippen LogP contribution in [0.1, 0.15) is 64.2 Å². The quantitative estimate of drug-likeness (QED) is 0.839. The zero-order valence-electron chi connectivity index (χ0n) is 12.8. The van der Waals surface area contributed by atoms with E-state index in [2.05, 4.69) is 4.90 Å². The first-order valence-electron chi connectivity index (χ1n) is 8.33. The van der Waals surface area contributed by atoms with Crippen molar-refractivity contribution in [2.24, 2.45) is 11.1 Å². The van der Waals surface area contributed by atoms with Gasteiger partial charge in [-0.05, 0) is 50.5 Å². The van der Waals surface area contributed by atoms with Gasteiger partial charge in [-0.25, -0.2) is 0 Å². The number of nitrogens with zero attached hydrogens (tertiary/aromatic N) is 1. The summed E-state index contributed by atoms with van der Waals surface area (Å²) in [7, 11) is 0. The average molecular weight is 317 g/mol. The summed E-state index contributed by atoms with van der Waals surface area (Å²) in [4.78, 5) is 14.9. The van der Waals surface area contributed by atoms with E-state index in [1.807, 2.05) is 0 Å². The maximum Gasteiger partial charge on any atom is 0.223 e. The fraction of sp³-hybridized carbons (Fsp3) is 0.938. The van der Waals surface area contributed by atoms with Gasteiger partial charge in [0.15, 0.2) is 0 Å². The van der Waals surface area contributed by atoms with Crippen molar-refractivity contribution in [1.82, 2.24) is 4.90 Å². The van der Waals surface area contributed by atoms with Gasteiger partial charge in [0.25, 0.3) is 0 Å². The molecule has 1 saturated carbocycles. The van der Waals surface area contributed by atoms with E-state index in [4.69, 9.17) is 5.73 Å². The lowest BCUT2D eigenvalue weighted by Gasteiger charge is -2.41. The van der Waals surface area contributed by atoms with Crippen molar-refractivity contribution in [3.63, 3.8) is 0 Å². The molecule has 122 valence electrons. The Morgan fingerprint density at radius 1 is 1.14 bits per heavy atom. The number of piperidine rings is 1. The molecule has 0 spiro atoms. The molecule has 3 N–H and O–H groups in total. The number of nitrogens with two attached hydrogens (primary N) is 1. The molecule has 2 unspecified atom stereocenters. The number of hydrogen-bond acceptors (Lipinski definition) is 3. The maximum absolute atomic E-state index is 12.8. The standard InChI is InChI=1S/C16H28N2O2.ClH/c17-11-16(6-2-1-3-7-16)10-15(20)18-12-4-5-13(18)9-14(19)8-12;/h12-14,19H,1-11,17H2;1H. The number of halogens is 1. The molecule has 3 fully saturated rings. The summed E-state index contributed by atoms with van der Waals surface area (Å²) >= 11 is 0. The van der Waals surface area contributed by atoms with E-state index in [9.17, 15) is 9.90 Å². The van der Waals surface area contributed by atoms with Gasteiger partial charge in [0, 0.05) is 18.5 Å². The number of hydrogen-bond donors (Lipinski definition) is 2. The molecule has 0 aromatic rings. The Kier molecular flexibility index (Phi) is 5.55. The Balaban J connectivity index is 0.00000161. The largest absolute Gasteiger partial charge is 0.393 e. The Morgan fingerprint density at radius 3 is 2.24 bits per heavy atom. The lowest BCUT2D eigenvalue weighted by atomic mass is 9.71. The molecule has 21 heavy (non-hydrogen) atoms. The third-order valence-electron chi connectivity index (χ3n) is 5.87.